The molecule has 0 atom stereocenters. The molecule has 1 aliphatic heterocycles. The first-order valence-corrected chi connectivity index (χ1v) is 9.17. The maximum absolute atomic E-state index is 11.6. The summed E-state index contributed by atoms with van der Waals surface area (Å²) in [6, 6.07) is 12.6. The summed E-state index contributed by atoms with van der Waals surface area (Å²) >= 11 is 0. The van der Waals surface area contributed by atoms with Gasteiger partial charge < -0.3 is 14.8 Å². The zero-order valence-corrected chi connectivity index (χ0v) is 15.3. The summed E-state index contributed by atoms with van der Waals surface area (Å²) in [6.45, 7) is 7.09. The molecular formula is C21H24N4O. The van der Waals surface area contributed by atoms with Crippen molar-refractivity contribution in [1.29, 1.82) is 0 Å². The van der Waals surface area contributed by atoms with Crippen molar-refractivity contribution in [2.24, 2.45) is 0 Å². The first kappa shape index (κ1) is 16.6. The first-order chi connectivity index (χ1) is 12.6. The van der Waals surface area contributed by atoms with Crippen LogP contribution < -0.4 is 4.90 Å². The SMILES string of the molecule is CC(=O)N1CCCN(c2cccc(-c3c[nH]c4ccc(C)cc34)n2)CC1. The van der Waals surface area contributed by atoms with Crippen LogP contribution in [0.15, 0.2) is 42.6 Å². The van der Waals surface area contributed by atoms with Crippen LogP contribution >= 0.6 is 0 Å². The maximum atomic E-state index is 11.6. The quantitative estimate of drug-likeness (QED) is 0.770. The van der Waals surface area contributed by atoms with Gasteiger partial charge in [0.15, 0.2) is 0 Å². The summed E-state index contributed by atoms with van der Waals surface area (Å²) in [6.07, 6.45) is 3.01. The van der Waals surface area contributed by atoms with E-state index >= 15 is 0 Å². The molecule has 1 fully saturated rings. The molecule has 26 heavy (non-hydrogen) atoms. The van der Waals surface area contributed by atoms with Gasteiger partial charge in [-0.25, -0.2) is 4.98 Å². The van der Waals surface area contributed by atoms with Crippen LogP contribution in [0.25, 0.3) is 22.2 Å². The second-order valence-corrected chi connectivity index (χ2v) is 6.98. The number of H-pyrrole nitrogens is 1. The molecular weight excluding hydrogens is 324 g/mol. The second-order valence-electron chi connectivity index (χ2n) is 6.98. The van der Waals surface area contributed by atoms with E-state index in [-0.39, 0.29) is 5.91 Å². The second kappa shape index (κ2) is 6.83. The number of benzene rings is 1. The summed E-state index contributed by atoms with van der Waals surface area (Å²) in [7, 11) is 0. The molecule has 5 nitrogen and oxygen atoms in total. The van der Waals surface area contributed by atoms with Crippen molar-refractivity contribution >= 4 is 22.6 Å². The van der Waals surface area contributed by atoms with Gasteiger partial charge in [0.05, 0.1) is 5.69 Å². The molecule has 0 spiro atoms. The number of aromatic amines is 1. The minimum absolute atomic E-state index is 0.155. The Morgan fingerprint density at radius 2 is 2.00 bits per heavy atom. The lowest BCUT2D eigenvalue weighted by molar-refractivity contribution is -0.128. The van der Waals surface area contributed by atoms with Crippen LogP contribution in [0.3, 0.4) is 0 Å². The van der Waals surface area contributed by atoms with Crippen molar-refractivity contribution in [2.45, 2.75) is 20.3 Å². The standard InChI is InChI=1S/C21H24N4O/c1-15-7-8-19-17(13-15)18(14-22-19)20-5-3-6-21(23-20)25-10-4-9-24(11-12-25)16(2)26/h3,5-8,13-14,22H,4,9-12H2,1-2H3. The van der Waals surface area contributed by atoms with Crippen molar-refractivity contribution in [3.05, 3.63) is 48.2 Å². The molecule has 0 saturated carbocycles. The third-order valence-corrected chi connectivity index (χ3v) is 5.11. The van der Waals surface area contributed by atoms with Crippen molar-refractivity contribution < 1.29 is 4.79 Å². The van der Waals surface area contributed by atoms with Gasteiger partial charge in [0.2, 0.25) is 5.91 Å². The third kappa shape index (κ3) is 3.17. The Kier molecular flexibility index (Phi) is 4.37. The van der Waals surface area contributed by atoms with Crippen molar-refractivity contribution in [3.8, 4) is 11.3 Å². The Bertz CT molecular complexity index is 946. The van der Waals surface area contributed by atoms with Gasteiger partial charge in [0.25, 0.3) is 0 Å². The number of aromatic nitrogens is 2. The number of aryl methyl sites for hydroxylation is 1. The topological polar surface area (TPSA) is 52.2 Å². The Hall–Kier alpha value is -2.82. The molecule has 5 heteroatoms. The molecule has 0 bridgehead atoms. The maximum Gasteiger partial charge on any atom is 0.219 e. The van der Waals surface area contributed by atoms with Gasteiger partial charge in [0, 0.05) is 55.8 Å². The smallest absolute Gasteiger partial charge is 0.219 e. The van der Waals surface area contributed by atoms with E-state index in [1.165, 1.54) is 10.9 Å². The number of anilines is 1. The molecule has 0 aliphatic carbocycles. The highest BCUT2D eigenvalue weighted by molar-refractivity contribution is 5.95. The predicted molar refractivity (Wildman–Crippen MR) is 105 cm³/mol. The van der Waals surface area contributed by atoms with E-state index in [0.717, 1.165) is 55.2 Å². The molecule has 1 saturated heterocycles. The summed E-state index contributed by atoms with van der Waals surface area (Å²) in [5.74, 6) is 1.14. The summed E-state index contributed by atoms with van der Waals surface area (Å²) < 4.78 is 0. The average Bonchev–Trinajstić information content (AvgIpc) is 2.88. The fraction of sp³-hybridized carbons (Fsp3) is 0.333. The van der Waals surface area contributed by atoms with Gasteiger partial charge in [-0.15, -0.1) is 0 Å². The molecule has 1 aliphatic rings. The highest BCUT2D eigenvalue weighted by Gasteiger charge is 2.18. The molecule has 4 rings (SSSR count). The van der Waals surface area contributed by atoms with E-state index < -0.39 is 0 Å². The Labute approximate surface area is 153 Å². The van der Waals surface area contributed by atoms with Crippen LogP contribution in [0, 0.1) is 6.92 Å². The number of hydrogen-bond acceptors (Lipinski definition) is 3. The third-order valence-electron chi connectivity index (χ3n) is 5.11. The lowest BCUT2D eigenvalue weighted by Gasteiger charge is -2.22. The van der Waals surface area contributed by atoms with Crippen molar-refractivity contribution in [2.75, 3.05) is 31.1 Å². The number of amides is 1. The number of pyridine rings is 1. The van der Waals surface area contributed by atoms with Gasteiger partial charge in [-0.05, 0) is 37.6 Å². The van der Waals surface area contributed by atoms with Crippen LogP contribution in [-0.4, -0.2) is 47.0 Å². The predicted octanol–water partition coefficient (Wildman–Crippen LogP) is 3.60. The molecule has 3 aromatic rings. The van der Waals surface area contributed by atoms with Crippen molar-refractivity contribution in [1.82, 2.24) is 14.9 Å². The Balaban J connectivity index is 1.64. The van der Waals surface area contributed by atoms with Crippen LogP contribution in [0.1, 0.15) is 18.9 Å². The number of carbonyl (C=O) groups is 1. The summed E-state index contributed by atoms with van der Waals surface area (Å²) in [5, 5.41) is 1.20. The molecule has 1 amide bonds. The highest BCUT2D eigenvalue weighted by atomic mass is 16.2. The van der Waals surface area contributed by atoms with Crippen LogP contribution in [0.4, 0.5) is 5.82 Å². The molecule has 1 N–H and O–H groups in total. The minimum atomic E-state index is 0.155. The number of rotatable bonds is 2. The molecule has 0 unspecified atom stereocenters. The number of fused-ring (bicyclic) bond motifs is 1. The van der Waals surface area contributed by atoms with E-state index in [1.54, 1.807) is 6.92 Å². The van der Waals surface area contributed by atoms with Gasteiger partial charge in [-0.2, -0.15) is 0 Å². The molecule has 1 aromatic carbocycles. The van der Waals surface area contributed by atoms with Crippen LogP contribution in [-0.2, 0) is 4.79 Å². The first-order valence-electron chi connectivity index (χ1n) is 9.17. The van der Waals surface area contributed by atoms with Crippen molar-refractivity contribution in [3.63, 3.8) is 0 Å². The van der Waals surface area contributed by atoms with E-state index in [4.69, 9.17) is 4.98 Å². The number of hydrogen-bond donors (Lipinski definition) is 1. The summed E-state index contributed by atoms with van der Waals surface area (Å²) in [5.41, 5.74) is 4.48. The monoisotopic (exact) mass is 348 g/mol. The lowest BCUT2D eigenvalue weighted by Crippen LogP contribution is -2.33. The molecule has 134 valence electrons. The average molecular weight is 348 g/mol. The van der Waals surface area contributed by atoms with Crippen LogP contribution in [0.2, 0.25) is 0 Å². The summed E-state index contributed by atoms with van der Waals surface area (Å²) in [4.78, 5) is 24.1. The zero-order chi connectivity index (χ0) is 18.1. The number of nitrogens with one attached hydrogen (secondary N) is 1. The zero-order valence-electron chi connectivity index (χ0n) is 15.3. The lowest BCUT2D eigenvalue weighted by atomic mass is 10.1. The minimum Gasteiger partial charge on any atom is -0.360 e. The van der Waals surface area contributed by atoms with Gasteiger partial charge in [-0.3, -0.25) is 4.79 Å². The fourth-order valence-corrected chi connectivity index (χ4v) is 3.66. The molecule has 2 aromatic heterocycles. The van der Waals surface area contributed by atoms with Gasteiger partial charge >= 0.3 is 0 Å². The van der Waals surface area contributed by atoms with Gasteiger partial charge in [-0.1, -0.05) is 17.7 Å². The Morgan fingerprint density at radius 3 is 2.85 bits per heavy atom. The van der Waals surface area contributed by atoms with E-state index in [2.05, 4.69) is 53.2 Å². The highest BCUT2D eigenvalue weighted by Crippen LogP contribution is 2.29. The number of nitrogens with zero attached hydrogens (tertiary/aromatic N) is 3. The molecule has 0 radical (unpaired) electrons. The van der Waals surface area contributed by atoms with E-state index in [9.17, 15) is 4.79 Å². The van der Waals surface area contributed by atoms with Gasteiger partial charge in [0.1, 0.15) is 5.82 Å². The number of carbonyl (C=O) groups excluding carboxylic acids is 1. The van der Waals surface area contributed by atoms with E-state index in [1.807, 2.05) is 11.1 Å². The van der Waals surface area contributed by atoms with Crippen LogP contribution in [0.5, 0.6) is 0 Å². The Morgan fingerprint density at radius 1 is 1.12 bits per heavy atom. The normalized spacial score (nSPS) is 15.3. The largest absolute Gasteiger partial charge is 0.360 e. The fourth-order valence-electron chi connectivity index (χ4n) is 3.66. The van der Waals surface area contributed by atoms with E-state index in [0.29, 0.717) is 0 Å². The molecule has 3 heterocycles.